The second-order valence-electron chi connectivity index (χ2n) is 6.52. The number of benzene rings is 1. The summed E-state index contributed by atoms with van der Waals surface area (Å²) < 4.78 is 11.0. The average Bonchev–Trinajstić information content (AvgIpc) is 2.83. The lowest BCUT2D eigenvalue weighted by atomic mass is 9.97. The number of nitrogens with zero attached hydrogens (tertiary/aromatic N) is 1. The van der Waals surface area contributed by atoms with E-state index in [0.717, 1.165) is 5.56 Å². The van der Waals surface area contributed by atoms with Crippen LogP contribution in [0, 0.1) is 5.41 Å². The van der Waals surface area contributed by atoms with E-state index in [-0.39, 0.29) is 17.5 Å². The normalized spacial score (nSPS) is 15.1. The van der Waals surface area contributed by atoms with Crippen molar-refractivity contribution >= 4 is 17.8 Å². The molecule has 0 radical (unpaired) electrons. The Labute approximate surface area is 139 Å². The maximum absolute atomic E-state index is 12.4. The molecule has 122 valence electrons. The highest BCUT2D eigenvalue weighted by molar-refractivity contribution is 6.14. The quantitative estimate of drug-likeness (QED) is 0.479. The van der Waals surface area contributed by atoms with E-state index >= 15 is 0 Å². The van der Waals surface area contributed by atoms with Crippen molar-refractivity contribution in [2.45, 2.75) is 20.8 Å². The SMILES string of the molecule is CC(C)(C)C(=O)Oc1ccc2c(c1)O/C(=C/c1cccnc1)C2=O. The van der Waals surface area contributed by atoms with Gasteiger partial charge in [0.2, 0.25) is 5.78 Å². The first-order chi connectivity index (χ1) is 11.3. The minimum absolute atomic E-state index is 0.206. The van der Waals surface area contributed by atoms with Crippen molar-refractivity contribution in [3.05, 3.63) is 59.6 Å². The largest absolute Gasteiger partial charge is 0.452 e. The first kappa shape index (κ1) is 15.9. The van der Waals surface area contributed by atoms with E-state index in [0.29, 0.717) is 17.1 Å². The molecule has 1 aliphatic heterocycles. The number of rotatable bonds is 2. The van der Waals surface area contributed by atoms with Crippen LogP contribution in [0.25, 0.3) is 6.08 Å². The summed E-state index contributed by atoms with van der Waals surface area (Å²) in [4.78, 5) is 28.3. The minimum atomic E-state index is -0.610. The third-order valence-corrected chi connectivity index (χ3v) is 3.45. The van der Waals surface area contributed by atoms with Crippen LogP contribution in [0.15, 0.2) is 48.5 Å². The molecule has 2 heterocycles. The number of hydrogen-bond acceptors (Lipinski definition) is 5. The lowest BCUT2D eigenvalue weighted by Crippen LogP contribution is -2.25. The lowest BCUT2D eigenvalue weighted by Gasteiger charge is -2.16. The van der Waals surface area contributed by atoms with Crippen molar-refractivity contribution in [1.82, 2.24) is 4.98 Å². The summed E-state index contributed by atoms with van der Waals surface area (Å²) in [5.41, 5.74) is 0.606. The molecule has 2 aromatic rings. The van der Waals surface area contributed by atoms with Gasteiger partial charge in [0.05, 0.1) is 11.0 Å². The van der Waals surface area contributed by atoms with Crippen LogP contribution in [-0.2, 0) is 4.79 Å². The summed E-state index contributed by atoms with van der Waals surface area (Å²) in [5, 5.41) is 0. The Morgan fingerprint density at radius 2 is 2.04 bits per heavy atom. The highest BCUT2D eigenvalue weighted by atomic mass is 16.5. The van der Waals surface area contributed by atoms with Crippen LogP contribution in [0.4, 0.5) is 0 Å². The Morgan fingerprint density at radius 3 is 2.71 bits per heavy atom. The zero-order chi connectivity index (χ0) is 17.3. The molecule has 3 rings (SSSR count). The van der Waals surface area contributed by atoms with Crippen molar-refractivity contribution in [3.63, 3.8) is 0 Å². The fourth-order valence-electron chi connectivity index (χ4n) is 2.10. The highest BCUT2D eigenvalue weighted by Crippen LogP contribution is 2.35. The zero-order valence-electron chi connectivity index (χ0n) is 13.7. The minimum Gasteiger partial charge on any atom is -0.452 e. The summed E-state index contributed by atoms with van der Waals surface area (Å²) >= 11 is 0. The van der Waals surface area contributed by atoms with Gasteiger partial charge < -0.3 is 9.47 Å². The molecule has 1 aromatic carbocycles. The number of hydrogen-bond donors (Lipinski definition) is 0. The van der Waals surface area contributed by atoms with Gasteiger partial charge in [-0.25, -0.2) is 0 Å². The number of ether oxygens (including phenoxy) is 2. The van der Waals surface area contributed by atoms with Crippen LogP contribution < -0.4 is 9.47 Å². The van der Waals surface area contributed by atoms with E-state index in [1.165, 1.54) is 0 Å². The molecule has 0 saturated carbocycles. The Kier molecular flexibility index (Phi) is 3.93. The Morgan fingerprint density at radius 1 is 1.25 bits per heavy atom. The summed E-state index contributed by atoms with van der Waals surface area (Å²) in [7, 11) is 0. The Balaban J connectivity index is 1.85. The van der Waals surface area contributed by atoms with Crippen molar-refractivity contribution in [2.75, 3.05) is 0 Å². The second-order valence-corrected chi connectivity index (χ2v) is 6.52. The standard InChI is InChI=1S/C19H17NO4/c1-19(2,3)18(22)23-13-6-7-14-15(10-13)24-16(17(14)21)9-12-5-4-8-20-11-12/h4-11H,1-3H3/b16-9+. The fraction of sp³-hybridized carbons (Fsp3) is 0.211. The van der Waals surface area contributed by atoms with E-state index in [9.17, 15) is 9.59 Å². The maximum atomic E-state index is 12.4. The number of carbonyl (C=O) groups excluding carboxylic acids is 2. The predicted octanol–water partition coefficient (Wildman–Crippen LogP) is 3.65. The van der Waals surface area contributed by atoms with Crippen LogP contribution in [0.2, 0.25) is 0 Å². The van der Waals surface area contributed by atoms with Crippen molar-refractivity contribution in [1.29, 1.82) is 0 Å². The molecule has 0 fully saturated rings. The summed E-state index contributed by atoms with van der Waals surface area (Å²) in [6, 6.07) is 8.36. The third-order valence-electron chi connectivity index (χ3n) is 3.45. The second kappa shape index (κ2) is 5.92. The van der Waals surface area contributed by atoms with E-state index in [4.69, 9.17) is 9.47 Å². The summed E-state index contributed by atoms with van der Waals surface area (Å²) in [5.74, 6) is 0.399. The maximum Gasteiger partial charge on any atom is 0.316 e. The van der Waals surface area contributed by atoms with Gasteiger partial charge in [-0.15, -0.1) is 0 Å². The third kappa shape index (κ3) is 3.20. The van der Waals surface area contributed by atoms with Crippen molar-refractivity contribution < 1.29 is 19.1 Å². The number of pyridine rings is 1. The fourth-order valence-corrected chi connectivity index (χ4v) is 2.10. The van der Waals surface area contributed by atoms with Crippen molar-refractivity contribution in [2.24, 2.45) is 5.41 Å². The molecule has 24 heavy (non-hydrogen) atoms. The Hall–Kier alpha value is -2.95. The molecule has 0 aliphatic carbocycles. The highest BCUT2D eigenvalue weighted by Gasteiger charge is 2.29. The van der Waals surface area contributed by atoms with Gasteiger partial charge in [-0.3, -0.25) is 14.6 Å². The van der Waals surface area contributed by atoms with E-state index in [1.54, 1.807) is 63.5 Å². The summed E-state index contributed by atoms with van der Waals surface area (Å²) in [6.45, 7) is 5.33. The molecule has 0 spiro atoms. The smallest absolute Gasteiger partial charge is 0.316 e. The van der Waals surface area contributed by atoms with Gasteiger partial charge in [-0.2, -0.15) is 0 Å². The molecule has 1 aliphatic rings. The van der Waals surface area contributed by atoms with Gasteiger partial charge in [0, 0.05) is 18.5 Å². The van der Waals surface area contributed by atoms with E-state index in [2.05, 4.69) is 4.98 Å². The number of fused-ring (bicyclic) bond motifs is 1. The van der Waals surface area contributed by atoms with Crippen LogP contribution in [0.5, 0.6) is 11.5 Å². The van der Waals surface area contributed by atoms with Crippen LogP contribution in [0.1, 0.15) is 36.7 Å². The molecule has 0 unspecified atom stereocenters. The molecule has 0 amide bonds. The molecule has 0 atom stereocenters. The summed E-state index contributed by atoms with van der Waals surface area (Å²) in [6.07, 6.45) is 4.93. The van der Waals surface area contributed by atoms with Gasteiger partial charge in [-0.05, 0) is 50.6 Å². The molecule has 5 nitrogen and oxygen atoms in total. The number of carbonyl (C=O) groups is 2. The number of ketones is 1. The van der Waals surface area contributed by atoms with Gasteiger partial charge in [0.25, 0.3) is 0 Å². The van der Waals surface area contributed by atoms with Crippen LogP contribution >= 0.6 is 0 Å². The first-order valence-electron chi connectivity index (χ1n) is 7.55. The number of Topliss-reactive ketones (excluding diaryl/α,β-unsaturated/α-hetero) is 1. The topological polar surface area (TPSA) is 65.5 Å². The van der Waals surface area contributed by atoms with Gasteiger partial charge >= 0.3 is 5.97 Å². The van der Waals surface area contributed by atoms with Gasteiger partial charge in [-0.1, -0.05) is 6.07 Å². The van der Waals surface area contributed by atoms with Gasteiger partial charge in [0.15, 0.2) is 5.76 Å². The zero-order valence-corrected chi connectivity index (χ0v) is 13.7. The molecule has 1 aromatic heterocycles. The molecule has 0 bridgehead atoms. The average molecular weight is 323 g/mol. The molecule has 0 saturated heterocycles. The monoisotopic (exact) mass is 323 g/mol. The van der Waals surface area contributed by atoms with Crippen LogP contribution in [-0.4, -0.2) is 16.7 Å². The predicted molar refractivity (Wildman–Crippen MR) is 88.7 cm³/mol. The van der Waals surface area contributed by atoms with Gasteiger partial charge in [0.1, 0.15) is 11.5 Å². The van der Waals surface area contributed by atoms with E-state index in [1.807, 2.05) is 6.07 Å². The number of esters is 1. The van der Waals surface area contributed by atoms with Crippen molar-refractivity contribution in [3.8, 4) is 11.5 Å². The lowest BCUT2D eigenvalue weighted by molar-refractivity contribution is -0.142. The number of aromatic nitrogens is 1. The Bertz CT molecular complexity index is 832. The molecular formula is C19H17NO4. The van der Waals surface area contributed by atoms with E-state index < -0.39 is 5.41 Å². The molecular weight excluding hydrogens is 306 g/mol. The molecule has 0 N–H and O–H groups in total. The van der Waals surface area contributed by atoms with Crippen LogP contribution in [0.3, 0.4) is 0 Å². The first-order valence-corrected chi connectivity index (χ1v) is 7.55. The number of allylic oxidation sites excluding steroid dienone is 1. The molecule has 5 heteroatoms.